The second kappa shape index (κ2) is 9.08. The van der Waals surface area contributed by atoms with Crippen LogP contribution < -0.4 is 4.74 Å². The number of piperidine rings is 1. The highest BCUT2D eigenvalue weighted by Crippen LogP contribution is 2.44. The van der Waals surface area contributed by atoms with Crippen molar-refractivity contribution in [3.8, 4) is 5.75 Å². The summed E-state index contributed by atoms with van der Waals surface area (Å²) in [6.07, 6.45) is 1.48. The first-order valence-corrected chi connectivity index (χ1v) is 11.6. The van der Waals surface area contributed by atoms with Crippen molar-refractivity contribution in [3.63, 3.8) is 0 Å². The van der Waals surface area contributed by atoms with Crippen molar-refractivity contribution in [1.29, 1.82) is 0 Å². The van der Waals surface area contributed by atoms with E-state index in [1.54, 1.807) is 18.2 Å². The summed E-state index contributed by atoms with van der Waals surface area (Å²) in [4.78, 5) is 29.3. The number of carbonyl (C=O) groups excluding carboxylic acids is 2. The van der Waals surface area contributed by atoms with E-state index in [-0.39, 0.29) is 23.3 Å². The molecule has 0 unspecified atom stereocenters. The van der Waals surface area contributed by atoms with Crippen LogP contribution in [0, 0.1) is 0 Å². The fraction of sp³-hybridized carbons (Fsp3) is 0.364. The Bertz CT molecular complexity index is 933. The monoisotopic (exact) mass is 464 g/mol. The van der Waals surface area contributed by atoms with Gasteiger partial charge in [0.2, 0.25) is 0 Å². The van der Waals surface area contributed by atoms with Crippen LogP contribution in [0.1, 0.15) is 23.2 Å². The number of hydrogen-bond donors (Lipinski definition) is 0. The number of hydrogen-bond acceptors (Lipinski definition) is 4. The van der Waals surface area contributed by atoms with Crippen LogP contribution in [-0.4, -0.2) is 58.5 Å². The summed E-state index contributed by atoms with van der Waals surface area (Å²) in [5, 5.41) is 0.803. The molecule has 2 amide bonds. The summed E-state index contributed by atoms with van der Waals surface area (Å²) in [6, 6.07) is 14.3. The van der Waals surface area contributed by atoms with Gasteiger partial charge in [-0.25, -0.2) is 0 Å². The highest BCUT2D eigenvalue weighted by atomic mass is 35.5. The predicted octanol–water partition coefficient (Wildman–Crippen LogP) is 4.58. The molecule has 2 aliphatic rings. The molecule has 2 heterocycles. The Balaban J connectivity index is 1.37. The lowest BCUT2D eigenvalue weighted by atomic mass is 10.0. The molecule has 0 radical (unpaired) electrons. The average molecular weight is 465 g/mol. The summed E-state index contributed by atoms with van der Waals surface area (Å²) in [6.45, 7) is 1.92. The first-order valence-electron chi connectivity index (χ1n) is 9.85. The molecule has 2 aromatic carbocycles. The average Bonchev–Trinajstić information content (AvgIpc) is 3.18. The molecule has 5 nitrogen and oxygen atoms in total. The van der Waals surface area contributed by atoms with Gasteiger partial charge in [0.1, 0.15) is 5.75 Å². The maximum Gasteiger partial charge on any atom is 0.261 e. The van der Waals surface area contributed by atoms with Gasteiger partial charge in [0.15, 0.2) is 6.61 Å². The number of likely N-dealkylation sites (tertiary alicyclic amines) is 1. The lowest BCUT2D eigenvalue weighted by Gasteiger charge is -2.44. The van der Waals surface area contributed by atoms with Gasteiger partial charge in [0, 0.05) is 31.0 Å². The molecule has 0 bridgehead atoms. The Morgan fingerprint density at radius 3 is 2.43 bits per heavy atom. The minimum atomic E-state index is -0.258. The molecule has 2 fully saturated rings. The number of amides is 2. The van der Waals surface area contributed by atoms with E-state index in [2.05, 4.69) is 0 Å². The SMILES string of the molecule is O=C(c1ccc(Cl)c(Cl)c1)N1CCC2(CC1)SCCN2C(=O)COc1ccccc1. The van der Waals surface area contributed by atoms with Crippen molar-refractivity contribution < 1.29 is 14.3 Å². The van der Waals surface area contributed by atoms with Gasteiger partial charge in [-0.2, -0.15) is 0 Å². The molecule has 0 N–H and O–H groups in total. The zero-order chi connectivity index (χ0) is 21.1. The first kappa shape index (κ1) is 21.3. The van der Waals surface area contributed by atoms with Crippen LogP contribution in [0.2, 0.25) is 10.0 Å². The van der Waals surface area contributed by atoms with Gasteiger partial charge in [-0.1, -0.05) is 41.4 Å². The van der Waals surface area contributed by atoms with Gasteiger partial charge in [0.25, 0.3) is 11.8 Å². The van der Waals surface area contributed by atoms with Crippen LogP contribution in [-0.2, 0) is 4.79 Å². The van der Waals surface area contributed by atoms with Crippen molar-refractivity contribution in [2.45, 2.75) is 17.7 Å². The molecular formula is C22H22Cl2N2O3S. The smallest absolute Gasteiger partial charge is 0.261 e. The number of rotatable bonds is 4. The minimum Gasteiger partial charge on any atom is -0.484 e. The first-order chi connectivity index (χ1) is 14.5. The van der Waals surface area contributed by atoms with Crippen LogP contribution in [0.3, 0.4) is 0 Å². The highest BCUT2D eigenvalue weighted by molar-refractivity contribution is 8.00. The quantitative estimate of drug-likeness (QED) is 0.664. The summed E-state index contributed by atoms with van der Waals surface area (Å²) in [5.41, 5.74) is 0.531. The number of thioether (sulfide) groups is 1. The van der Waals surface area contributed by atoms with E-state index in [0.717, 1.165) is 18.6 Å². The molecule has 0 aromatic heterocycles. The van der Waals surface area contributed by atoms with Gasteiger partial charge < -0.3 is 14.5 Å². The molecule has 2 aromatic rings. The number of carbonyl (C=O) groups is 2. The van der Waals surface area contributed by atoms with Gasteiger partial charge >= 0.3 is 0 Å². The summed E-state index contributed by atoms with van der Waals surface area (Å²) in [7, 11) is 0. The highest BCUT2D eigenvalue weighted by Gasteiger charge is 2.47. The van der Waals surface area contributed by atoms with Crippen molar-refractivity contribution >= 4 is 46.8 Å². The van der Waals surface area contributed by atoms with Gasteiger partial charge in [-0.15, -0.1) is 11.8 Å². The van der Waals surface area contributed by atoms with E-state index in [1.807, 2.05) is 51.9 Å². The summed E-state index contributed by atoms with van der Waals surface area (Å²) >= 11 is 13.8. The fourth-order valence-corrected chi connectivity index (χ4v) is 5.76. The normalized spacial score (nSPS) is 17.9. The lowest BCUT2D eigenvalue weighted by Crippen LogP contribution is -2.54. The van der Waals surface area contributed by atoms with Crippen LogP contribution in [0.15, 0.2) is 48.5 Å². The molecule has 0 aliphatic carbocycles. The Kier molecular flexibility index (Phi) is 6.46. The standard InChI is InChI=1S/C22H22Cl2N2O3S/c23-18-7-6-16(14-19(18)24)21(28)25-10-8-22(9-11-25)26(12-13-30-22)20(27)15-29-17-4-2-1-3-5-17/h1-7,14H,8-13,15H2. The molecule has 30 heavy (non-hydrogen) atoms. The molecule has 2 saturated heterocycles. The summed E-state index contributed by atoms with van der Waals surface area (Å²) < 4.78 is 5.66. The molecule has 1 spiro atoms. The topological polar surface area (TPSA) is 49.9 Å². The maximum absolute atomic E-state index is 12.9. The van der Waals surface area contributed by atoms with Crippen LogP contribution >= 0.6 is 35.0 Å². The number of para-hydroxylation sites is 1. The minimum absolute atomic E-state index is 0.00638. The van der Waals surface area contributed by atoms with E-state index >= 15 is 0 Å². The predicted molar refractivity (Wildman–Crippen MR) is 120 cm³/mol. The molecular weight excluding hydrogens is 443 g/mol. The Morgan fingerprint density at radius 2 is 1.73 bits per heavy atom. The lowest BCUT2D eigenvalue weighted by molar-refractivity contribution is -0.136. The number of nitrogens with zero attached hydrogens (tertiary/aromatic N) is 2. The van der Waals surface area contributed by atoms with Crippen molar-refractivity contribution in [3.05, 3.63) is 64.1 Å². The molecule has 0 atom stereocenters. The van der Waals surface area contributed by atoms with Crippen LogP contribution in [0.25, 0.3) is 0 Å². The summed E-state index contributed by atoms with van der Waals surface area (Å²) in [5.74, 6) is 1.52. The third kappa shape index (κ3) is 4.41. The van der Waals surface area contributed by atoms with E-state index in [4.69, 9.17) is 27.9 Å². The molecule has 158 valence electrons. The van der Waals surface area contributed by atoms with E-state index in [9.17, 15) is 9.59 Å². The second-order valence-electron chi connectivity index (χ2n) is 7.36. The van der Waals surface area contributed by atoms with E-state index in [0.29, 0.717) is 41.0 Å². The number of ether oxygens (including phenoxy) is 1. The fourth-order valence-electron chi connectivity index (χ4n) is 3.99. The maximum atomic E-state index is 12.9. The Hall–Kier alpha value is -1.89. The molecule has 2 aliphatic heterocycles. The van der Waals surface area contributed by atoms with Crippen LogP contribution in [0.4, 0.5) is 0 Å². The molecule has 4 rings (SSSR count). The van der Waals surface area contributed by atoms with Crippen molar-refractivity contribution in [1.82, 2.24) is 9.80 Å². The second-order valence-corrected chi connectivity index (χ2v) is 9.63. The third-order valence-corrected chi connectivity index (χ3v) is 7.87. The zero-order valence-corrected chi connectivity index (χ0v) is 18.7. The van der Waals surface area contributed by atoms with Crippen molar-refractivity contribution in [2.24, 2.45) is 0 Å². The number of benzene rings is 2. The third-order valence-electron chi connectivity index (χ3n) is 5.58. The Labute approximate surface area is 190 Å². The van der Waals surface area contributed by atoms with Gasteiger partial charge in [-0.3, -0.25) is 9.59 Å². The Morgan fingerprint density at radius 1 is 1.00 bits per heavy atom. The number of halogens is 2. The van der Waals surface area contributed by atoms with E-state index in [1.165, 1.54) is 0 Å². The van der Waals surface area contributed by atoms with E-state index < -0.39 is 0 Å². The van der Waals surface area contributed by atoms with Gasteiger partial charge in [-0.05, 0) is 43.2 Å². The zero-order valence-electron chi connectivity index (χ0n) is 16.4. The molecule has 8 heteroatoms. The largest absolute Gasteiger partial charge is 0.484 e. The van der Waals surface area contributed by atoms with Crippen molar-refractivity contribution in [2.75, 3.05) is 32.0 Å². The molecule has 0 saturated carbocycles. The van der Waals surface area contributed by atoms with Gasteiger partial charge in [0.05, 0.1) is 14.9 Å². The van der Waals surface area contributed by atoms with Crippen LogP contribution in [0.5, 0.6) is 5.75 Å².